The van der Waals surface area contributed by atoms with Crippen LogP contribution in [0.1, 0.15) is 42.5 Å². The summed E-state index contributed by atoms with van der Waals surface area (Å²) in [6.07, 6.45) is 9.43. The molecule has 1 aliphatic heterocycles. The average Bonchev–Trinajstić information content (AvgIpc) is 3.45. The third-order valence-corrected chi connectivity index (χ3v) is 8.31. The summed E-state index contributed by atoms with van der Waals surface area (Å²) in [6.45, 7) is -0.0238. The van der Waals surface area contributed by atoms with Gasteiger partial charge in [-0.05, 0) is 42.5 Å². The van der Waals surface area contributed by atoms with Crippen LogP contribution in [-0.2, 0) is 28.8 Å². The molecule has 0 radical (unpaired) electrons. The topological polar surface area (TPSA) is 223 Å². The number of aliphatic carboxylic acids is 3. The lowest BCUT2D eigenvalue weighted by molar-refractivity contribution is -0.156. The van der Waals surface area contributed by atoms with Crippen molar-refractivity contribution in [1.29, 1.82) is 0 Å². The number of benzene rings is 1. The van der Waals surface area contributed by atoms with Crippen molar-refractivity contribution in [3.63, 3.8) is 0 Å². The first-order valence-electron chi connectivity index (χ1n) is 14.9. The van der Waals surface area contributed by atoms with Gasteiger partial charge in [-0.1, -0.05) is 36.3 Å². The molecule has 6 N–H and O–H groups in total. The zero-order chi connectivity index (χ0) is 34.2. The number of carboxylic acid groups (broad SMARTS) is 3. The molecule has 1 aromatic rings. The van der Waals surface area contributed by atoms with E-state index in [2.05, 4.69) is 21.9 Å². The maximum Gasteiger partial charge on any atom is 0.326 e. The van der Waals surface area contributed by atoms with Gasteiger partial charge in [0.2, 0.25) is 11.8 Å². The Bertz CT molecular complexity index is 1520. The van der Waals surface area contributed by atoms with Crippen LogP contribution in [0.2, 0.25) is 0 Å². The molecule has 15 heteroatoms. The summed E-state index contributed by atoms with van der Waals surface area (Å²) in [5.41, 5.74) is 2.13. The summed E-state index contributed by atoms with van der Waals surface area (Å²) in [5, 5.41) is 38.8. The van der Waals surface area contributed by atoms with Crippen molar-refractivity contribution in [1.82, 2.24) is 26.0 Å². The molecule has 4 rings (SSSR count). The van der Waals surface area contributed by atoms with Crippen LogP contribution in [0.25, 0.3) is 0 Å². The van der Waals surface area contributed by atoms with E-state index in [-0.39, 0.29) is 37.9 Å². The number of hydrogen-bond acceptors (Lipinski definition) is 9. The van der Waals surface area contributed by atoms with Crippen molar-refractivity contribution >= 4 is 41.9 Å². The van der Waals surface area contributed by atoms with Gasteiger partial charge in [0.05, 0.1) is 18.5 Å². The Labute approximate surface area is 269 Å². The molecule has 15 nitrogen and oxygen atoms in total. The number of hydrazine groups is 1. The number of nitrogens with zero attached hydrogens (tertiary/aromatic N) is 2. The van der Waals surface area contributed by atoms with E-state index in [1.165, 1.54) is 5.01 Å². The number of terminal acetylenes is 1. The van der Waals surface area contributed by atoms with E-state index in [9.17, 15) is 38.7 Å². The number of nitrogens with one attached hydrogen (secondary N) is 3. The average molecular weight is 650 g/mol. The van der Waals surface area contributed by atoms with Gasteiger partial charge >= 0.3 is 17.9 Å². The summed E-state index contributed by atoms with van der Waals surface area (Å²) in [6, 6.07) is 5.84. The van der Waals surface area contributed by atoms with Gasteiger partial charge in [0, 0.05) is 31.0 Å². The minimum absolute atomic E-state index is 0.00132. The van der Waals surface area contributed by atoms with Crippen molar-refractivity contribution in [3.05, 3.63) is 59.2 Å². The predicted molar refractivity (Wildman–Crippen MR) is 163 cm³/mol. The first-order chi connectivity index (χ1) is 22.4. The van der Waals surface area contributed by atoms with Crippen LogP contribution in [-0.4, -0.2) is 105 Å². The van der Waals surface area contributed by atoms with Crippen molar-refractivity contribution < 1.29 is 48.9 Å². The maximum atomic E-state index is 13.9. The number of rotatable bonds is 15. The highest BCUT2D eigenvalue weighted by Crippen LogP contribution is 2.40. The van der Waals surface area contributed by atoms with Gasteiger partial charge in [0.1, 0.15) is 12.2 Å². The second-order valence-electron chi connectivity index (χ2n) is 11.3. The molecule has 0 aromatic heterocycles. The molecule has 47 heavy (non-hydrogen) atoms. The number of carbonyl (C=O) groups excluding carboxylic acids is 4. The Morgan fingerprint density at radius 2 is 1.77 bits per heavy atom. The van der Waals surface area contributed by atoms with Crippen LogP contribution in [0.5, 0.6) is 0 Å². The molecular formula is C32H35N5O10. The third kappa shape index (κ3) is 8.10. The maximum absolute atomic E-state index is 13.9. The number of aldehydes is 1. The molecule has 0 bridgehead atoms. The van der Waals surface area contributed by atoms with E-state index in [4.69, 9.17) is 16.6 Å². The van der Waals surface area contributed by atoms with E-state index in [0.29, 0.717) is 24.7 Å². The quantitative estimate of drug-likeness (QED) is 0.0627. The number of carbonyl (C=O) groups is 7. The largest absolute Gasteiger partial charge is 0.481 e. The lowest BCUT2D eigenvalue weighted by Gasteiger charge is -2.40. The molecular weight excluding hydrogens is 614 g/mol. The van der Waals surface area contributed by atoms with Crippen LogP contribution < -0.4 is 16.0 Å². The van der Waals surface area contributed by atoms with Crippen molar-refractivity contribution in [3.8, 4) is 12.3 Å². The fourth-order valence-corrected chi connectivity index (χ4v) is 6.05. The highest BCUT2D eigenvalue weighted by Gasteiger charge is 2.42. The lowest BCUT2D eigenvalue weighted by Crippen LogP contribution is -2.61. The molecule has 2 aliphatic carbocycles. The van der Waals surface area contributed by atoms with Gasteiger partial charge < -0.3 is 26.0 Å². The van der Waals surface area contributed by atoms with E-state index >= 15 is 0 Å². The molecule has 1 heterocycles. The standard InChI is InChI=1S/C32H35N5O10/c1-2-12-36(25-11-10-19-14-23-21(15-20(19)25)28(40)35-26(17-38)33-23)37(29(41)18-7-4-3-5-8-18)13-6-9-27(39)34-24(32(46)47)16-22(30(42)43)31(44)45/h1,3-5,7-8,14-15,17,21-26,33H,6,9-13,16H2,(H,34,39)(H,35,40)(H,42,43)(H,44,45)(H,46,47)/t21?,23?,24?,25-,26?/m0/s1. The van der Waals surface area contributed by atoms with Crippen molar-refractivity contribution in [2.75, 3.05) is 13.1 Å². The molecule has 248 valence electrons. The molecule has 0 spiro atoms. The molecule has 2 fully saturated rings. The van der Waals surface area contributed by atoms with E-state index in [0.717, 1.165) is 11.1 Å². The normalized spacial score (nSPS) is 22.0. The Morgan fingerprint density at radius 3 is 2.38 bits per heavy atom. The van der Waals surface area contributed by atoms with Crippen LogP contribution in [0.4, 0.5) is 0 Å². The molecule has 5 atom stereocenters. The first kappa shape index (κ1) is 34.5. The van der Waals surface area contributed by atoms with Gasteiger partial charge in [-0.15, -0.1) is 6.42 Å². The molecule has 1 saturated carbocycles. The van der Waals surface area contributed by atoms with Gasteiger partial charge in [0.25, 0.3) is 5.91 Å². The fourth-order valence-electron chi connectivity index (χ4n) is 6.05. The van der Waals surface area contributed by atoms with Gasteiger partial charge in [-0.2, -0.15) is 5.01 Å². The van der Waals surface area contributed by atoms with Gasteiger partial charge in [-0.3, -0.25) is 39.1 Å². The smallest absolute Gasteiger partial charge is 0.326 e. The van der Waals surface area contributed by atoms with Gasteiger partial charge in [-0.25, -0.2) is 4.79 Å². The molecule has 4 unspecified atom stereocenters. The monoisotopic (exact) mass is 649 g/mol. The number of fused-ring (bicyclic) bond motifs is 2. The van der Waals surface area contributed by atoms with Crippen LogP contribution in [0, 0.1) is 24.2 Å². The summed E-state index contributed by atoms with van der Waals surface area (Å²) in [7, 11) is 0. The third-order valence-electron chi connectivity index (χ3n) is 8.31. The van der Waals surface area contributed by atoms with Gasteiger partial charge in [0.15, 0.2) is 12.2 Å². The Kier molecular flexibility index (Phi) is 11.2. The fraction of sp³-hybridized carbons (Fsp3) is 0.406. The van der Waals surface area contributed by atoms with E-state index in [1.807, 2.05) is 12.2 Å². The highest BCUT2D eigenvalue weighted by atomic mass is 16.4. The Hall–Kier alpha value is -5.33. The minimum atomic E-state index is -2.04. The zero-order valence-electron chi connectivity index (χ0n) is 25.2. The van der Waals surface area contributed by atoms with Crippen molar-refractivity contribution in [2.24, 2.45) is 11.8 Å². The molecule has 3 aliphatic rings. The number of hydrogen-bond donors (Lipinski definition) is 6. The lowest BCUT2D eigenvalue weighted by atomic mass is 9.85. The summed E-state index contributed by atoms with van der Waals surface area (Å²) in [4.78, 5) is 85.0. The Morgan fingerprint density at radius 1 is 1.06 bits per heavy atom. The predicted octanol–water partition coefficient (Wildman–Crippen LogP) is -0.238. The summed E-state index contributed by atoms with van der Waals surface area (Å²) in [5.74, 6) is -6.61. The zero-order valence-corrected chi connectivity index (χ0v) is 25.2. The number of carboxylic acids is 3. The molecule has 3 amide bonds. The molecule has 1 aromatic carbocycles. The SMILES string of the molecule is C#CCN([C@H]1CCC2=CC3NC(C=O)NC(=O)C3C=C21)N(CCCC(=O)NC(CC(C(=O)O)C(=O)O)C(=O)O)C(=O)c1ccccc1. The summed E-state index contributed by atoms with van der Waals surface area (Å²) >= 11 is 0. The van der Waals surface area contributed by atoms with E-state index in [1.54, 1.807) is 35.3 Å². The summed E-state index contributed by atoms with van der Waals surface area (Å²) < 4.78 is 0. The first-order valence-corrected chi connectivity index (χ1v) is 14.9. The van der Waals surface area contributed by atoms with Crippen LogP contribution >= 0.6 is 0 Å². The Balaban J connectivity index is 1.54. The van der Waals surface area contributed by atoms with Crippen molar-refractivity contribution in [2.45, 2.75) is 56.4 Å². The second-order valence-corrected chi connectivity index (χ2v) is 11.3. The second kappa shape index (κ2) is 15.3. The highest BCUT2D eigenvalue weighted by molar-refractivity contribution is 5.95. The van der Waals surface area contributed by atoms with Crippen LogP contribution in [0.3, 0.4) is 0 Å². The number of amides is 3. The van der Waals surface area contributed by atoms with E-state index < -0.39 is 66.2 Å². The minimum Gasteiger partial charge on any atom is -0.481 e. The van der Waals surface area contributed by atoms with Crippen LogP contribution in [0.15, 0.2) is 53.6 Å². The molecule has 1 saturated heterocycles.